The zero-order valence-electron chi connectivity index (χ0n) is 14.8. The molecule has 12 heteroatoms. The lowest BCUT2D eigenvalue weighted by Crippen LogP contribution is -2.14. The molecule has 0 radical (unpaired) electrons. The van der Waals surface area contributed by atoms with Crippen LogP contribution in [0.3, 0.4) is 0 Å². The lowest BCUT2D eigenvalue weighted by molar-refractivity contribution is -0.384. The van der Waals surface area contributed by atoms with Crippen molar-refractivity contribution in [1.29, 1.82) is 0 Å². The smallest absolute Gasteiger partial charge is 0.270 e. The fourth-order valence-electron chi connectivity index (χ4n) is 2.33. The number of hydrogen-bond acceptors (Lipinski definition) is 7. The Bertz CT molecular complexity index is 1080. The molecule has 3 rings (SSSR count). The molecule has 0 aliphatic rings. The summed E-state index contributed by atoms with van der Waals surface area (Å²) in [4.78, 5) is 26.8. The second-order valence-electron chi connectivity index (χ2n) is 5.57. The number of benzene rings is 2. The second-order valence-corrected chi connectivity index (χ2v) is 7.80. The van der Waals surface area contributed by atoms with E-state index in [2.05, 4.69) is 36.4 Å². The van der Waals surface area contributed by atoms with Gasteiger partial charge in [0.1, 0.15) is 5.75 Å². The van der Waals surface area contributed by atoms with E-state index in [1.54, 1.807) is 25.3 Å². The van der Waals surface area contributed by atoms with Crippen molar-refractivity contribution in [2.24, 2.45) is 0 Å². The molecule has 0 saturated heterocycles. The SMILES string of the molecule is COc1ccc(Cl)cc1-c1nc(SCC(=O)Nc2ccc([N+](=O)[O-])cc2Br)n[nH]1. The van der Waals surface area contributed by atoms with E-state index in [0.717, 1.165) is 11.8 Å². The number of halogens is 2. The molecule has 2 aromatic carbocycles. The number of ether oxygens (including phenoxy) is 1. The molecule has 0 aliphatic heterocycles. The van der Waals surface area contributed by atoms with Crippen molar-refractivity contribution >= 4 is 56.6 Å². The van der Waals surface area contributed by atoms with Crippen molar-refractivity contribution in [3.05, 3.63) is 56.0 Å². The van der Waals surface area contributed by atoms with E-state index in [1.165, 1.54) is 18.2 Å². The Hall–Kier alpha value is -2.63. The lowest BCUT2D eigenvalue weighted by atomic mass is 10.2. The van der Waals surface area contributed by atoms with E-state index in [-0.39, 0.29) is 17.3 Å². The highest BCUT2D eigenvalue weighted by Crippen LogP contribution is 2.31. The number of carbonyl (C=O) groups is 1. The van der Waals surface area contributed by atoms with Gasteiger partial charge in [-0.05, 0) is 40.2 Å². The molecule has 0 bridgehead atoms. The Morgan fingerprint density at radius 1 is 1.38 bits per heavy atom. The van der Waals surface area contributed by atoms with E-state index in [4.69, 9.17) is 16.3 Å². The van der Waals surface area contributed by atoms with E-state index in [0.29, 0.717) is 37.5 Å². The first-order valence-electron chi connectivity index (χ1n) is 8.00. The maximum atomic E-state index is 12.2. The largest absolute Gasteiger partial charge is 0.496 e. The maximum Gasteiger partial charge on any atom is 0.270 e. The Morgan fingerprint density at radius 2 is 2.17 bits per heavy atom. The molecule has 150 valence electrons. The van der Waals surface area contributed by atoms with Gasteiger partial charge in [-0.3, -0.25) is 20.0 Å². The third kappa shape index (κ3) is 5.25. The van der Waals surface area contributed by atoms with Gasteiger partial charge in [-0.2, -0.15) is 0 Å². The number of thioether (sulfide) groups is 1. The number of nitrogens with one attached hydrogen (secondary N) is 2. The van der Waals surface area contributed by atoms with E-state index >= 15 is 0 Å². The minimum absolute atomic E-state index is 0.0490. The third-order valence-corrected chi connectivity index (χ3v) is 5.39. The first-order chi connectivity index (χ1) is 13.9. The summed E-state index contributed by atoms with van der Waals surface area (Å²) in [7, 11) is 1.54. The van der Waals surface area contributed by atoms with Crippen molar-refractivity contribution < 1.29 is 14.5 Å². The number of nitro benzene ring substituents is 1. The number of nitrogens with zero attached hydrogens (tertiary/aromatic N) is 3. The van der Waals surface area contributed by atoms with Crippen LogP contribution >= 0.6 is 39.3 Å². The molecule has 3 aromatic rings. The molecule has 0 aliphatic carbocycles. The number of methoxy groups -OCH3 is 1. The fraction of sp³-hybridized carbons (Fsp3) is 0.118. The van der Waals surface area contributed by atoms with E-state index in [1.807, 2.05) is 0 Å². The minimum atomic E-state index is -0.512. The number of aromatic amines is 1. The quantitative estimate of drug-likeness (QED) is 0.278. The summed E-state index contributed by atoms with van der Waals surface area (Å²) in [6.07, 6.45) is 0. The van der Waals surface area contributed by atoms with Crippen LogP contribution in [0.5, 0.6) is 5.75 Å². The van der Waals surface area contributed by atoms with Crippen LogP contribution in [0.1, 0.15) is 0 Å². The van der Waals surface area contributed by atoms with Gasteiger partial charge in [0, 0.05) is 21.6 Å². The summed E-state index contributed by atoms with van der Waals surface area (Å²) >= 11 is 10.4. The summed E-state index contributed by atoms with van der Waals surface area (Å²) in [5, 5.41) is 21.2. The molecule has 0 unspecified atom stereocenters. The van der Waals surface area contributed by atoms with Crippen LogP contribution in [0.4, 0.5) is 11.4 Å². The van der Waals surface area contributed by atoms with E-state index in [9.17, 15) is 14.9 Å². The zero-order valence-corrected chi connectivity index (χ0v) is 18.0. The number of carbonyl (C=O) groups excluding carboxylic acids is 1. The van der Waals surface area contributed by atoms with Crippen molar-refractivity contribution in [3.63, 3.8) is 0 Å². The first kappa shape index (κ1) is 21.1. The Morgan fingerprint density at radius 3 is 2.86 bits per heavy atom. The Balaban J connectivity index is 1.63. The monoisotopic (exact) mass is 497 g/mol. The molecule has 0 fully saturated rings. The fourth-order valence-corrected chi connectivity index (χ4v) is 3.57. The van der Waals surface area contributed by atoms with Gasteiger partial charge < -0.3 is 10.1 Å². The minimum Gasteiger partial charge on any atom is -0.496 e. The van der Waals surface area contributed by atoms with Crippen LogP contribution < -0.4 is 10.1 Å². The molecule has 0 atom stereocenters. The first-order valence-corrected chi connectivity index (χ1v) is 10.2. The number of rotatable bonds is 7. The number of hydrogen-bond donors (Lipinski definition) is 2. The van der Waals surface area contributed by atoms with Gasteiger partial charge in [0.05, 0.1) is 29.0 Å². The van der Waals surface area contributed by atoms with Crippen LogP contribution in [0, 0.1) is 10.1 Å². The molecule has 1 aromatic heterocycles. The molecule has 9 nitrogen and oxygen atoms in total. The topological polar surface area (TPSA) is 123 Å². The molecule has 1 heterocycles. The number of H-pyrrole nitrogens is 1. The van der Waals surface area contributed by atoms with Gasteiger partial charge in [-0.1, -0.05) is 23.4 Å². The number of amides is 1. The normalized spacial score (nSPS) is 10.6. The maximum absolute atomic E-state index is 12.2. The van der Waals surface area contributed by atoms with Crippen molar-refractivity contribution in [2.75, 3.05) is 18.2 Å². The summed E-state index contributed by atoms with van der Waals surface area (Å²) in [6, 6.07) is 9.23. The number of aromatic nitrogens is 3. The highest BCUT2D eigenvalue weighted by atomic mass is 79.9. The zero-order chi connectivity index (χ0) is 21.0. The summed E-state index contributed by atoms with van der Waals surface area (Å²) in [6.45, 7) is 0. The van der Waals surface area contributed by atoms with Crippen molar-refractivity contribution in [3.8, 4) is 17.1 Å². The average molecular weight is 499 g/mol. The van der Waals surface area contributed by atoms with Crippen molar-refractivity contribution in [1.82, 2.24) is 15.2 Å². The van der Waals surface area contributed by atoms with Crippen LogP contribution in [-0.4, -0.2) is 38.9 Å². The number of non-ortho nitro benzene ring substituents is 1. The highest BCUT2D eigenvalue weighted by Gasteiger charge is 2.15. The number of anilines is 1. The highest BCUT2D eigenvalue weighted by molar-refractivity contribution is 9.10. The van der Waals surface area contributed by atoms with Gasteiger partial charge in [0.25, 0.3) is 5.69 Å². The molecule has 29 heavy (non-hydrogen) atoms. The summed E-state index contributed by atoms with van der Waals surface area (Å²) in [5.74, 6) is 0.789. The van der Waals surface area contributed by atoms with E-state index < -0.39 is 4.92 Å². The average Bonchev–Trinajstić information content (AvgIpc) is 3.16. The van der Waals surface area contributed by atoms with Gasteiger partial charge in [0.15, 0.2) is 5.82 Å². The molecule has 2 N–H and O–H groups in total. The van der Waals surface area contributed by atoms with Gasteiger partial charge >= 0.3 is 0 Å². The standard InChI is InChI=1S/C17H13BrClN5O4S/c1-28-14-5-2-9(19)6-11(14)16-21-17(23-22-16)29-8-15(25)20-13-4-3-10(24(26)27)7-12(13)18/h2-7H,8H2,1H3,(H,20,25)(H,21,22,23). The molecular formula is C17H13BrClN5O4S. The summed E-state index contributed by atoms with van der Waals surface area (Å²) in [5.41, 5.74) is 1.01. The van der Waals surface area contributed by atoms with Crippen LogP contribution in [0.2, 0.25) is 5.02 Å². The Labute approximate surface area is 182 Å². The van der Waals surface area contributed by atoms with Crippen LogP contribution in [0.25, 0.3) is 11.4 Å². The number of nitro groups is 1. The van der Waals surface area contributed by atoms with Crippen LogP contribution in [0.15, 0.2) is 46.0 Å². The molecule has 1 amide bonds. The van der Waals surface area contributed by atoms with Crippen molar-refractivity contribution in [2.45, 2.75) is 5.16 Å². The van der Waals surface area contributed by atoms with Crippen LogP contribution in [-0.2, 0) is 4.79 Å². The van der Waals surface area contributed by atoms with Gasteiger partial charge in [-0.25, -0.2) is 4.98 Å². The summed E-state index contributed by atoms with van der Waals surface area (Å²) < 4.78 is 5.71. The second kappa shape index (κ2) is 9.25. The van der Waals surface area contributed by atoms with Gasteiger partial charge in [-0.15, -0.1) is 5.10 Å². The molecule has 0 spiro atoms. The predicted molar refractivity (Wildman–Crippen MR) is 114 cm³/mol. The lowest BCUT2D eigenvalue weighted by Gasteiger charge is -2.06. The molecular weight excluding hydrogens is 486 g/mol. The Kier molecular flexibility index (Phi) is 6.72. The predicted octanol–water partition coefficient (Wildman–Crippen LogP) is 4.54. The van der Waals surface area contributed by atoms with Gasteiger partial charge in [0.2, 0.25) is 11.1 Å². The third-order valence-electron chi connectivity index (χ3n) is 3.65. The molecule has 0 saturated carbocycles.